The molecule has 0 fully saturated rings. The quantitative estimate of drug-likeness (QED) is 0.120. The van der Waals surface area contributed by atoms with Gasteiger partial charge in [0.15, 0.2) is 0 Å². The Morgan fingerprint density at radius 3 is 1.19 bits per heavy atom. The molecular formula is C64H40. The van der Waals surface area contributed by atoms with Gasteiger partial charge in [-0.05, 0) is 155 Å². The highest BCUT2D eigenvalue weighted by atomic mass is 14.2. The van der Waals surface area contributed by atoms with Gasteiger partial charge in [0, 0.05) is 0 Å². The van der Waals surface area contributed by atoms with Gasteiger partial charge in [0.2, 0.25) is 0 Å². The maximum Gasteiger partial charge on any atom is -0.00259 e. The fourth-order valence-corrected chi connectivity index (χ4v) is 10.7. The molecule has 64 heavy (non-hydrogen) atoms. The van der Waals surface area contributed by atoms with Crippen molar-refractivity contribution in [1.29, 1.82) is 0 Å². The minimum atomic E-state index is 1.20. The molecule has 0 spiro atoms. The molecule has 0 amide bonds. The summed E-state index contributed by atoms with van der Waals surface area (Å²) < 4.78 is 0. The van der Waals surface area contributed by atoms with Crippen LogP contribution in [0.3, 0.4) is 0 Å². The maximum absolute atomic E-state index is 2.48. The van der Waals surface area contributed by atoms with Gasteiger partial charge in [-0.1, -0.05) is 218 Å². The Balaban J connectivity index is 1.11. The second-order valence-corrected chi connectivity index (χ2v) is 17.1. The third-order valence-electron chi connectivity index (χ3n) is 13.6. The summed E-state index contributed by atoms with van der Waals surface area (Å²) in [4.78, 5) is 0. The molecule has 0 saturated heterocycles. The first-order valence-electron chi connectivity index (χ1n) is 22.2. The Kier molecular flexibility index (Phi) is 8.32. The van der Waals surface area contributed by atoms with Crippen molar-refractivity contribution in [1.82, 2.24) is 0 Å². The van der Waals surface area contributed by atoms with Crippen LogP contribution in [0.4, 0.5) is 0 Å². The van der Waals surface area contributed by atoms with Crippen molar-refractivity contribution in [2.45, 2.75) is 0 Å². The zero-order valence-electron chi connectivity index (χ0n) is 35.1. The molecule has 0 aliphatic heterocycles. The molecule has 0 radical (unpaired) electrons. The van der Waals surface area contributed by atoms with Crippen LogP contribution in [0.25, 0.3) is 131 Å². The lowest BCUT2D eigenvalue weighted by Crippen LogP contribution is -1.93. The second kappa shape index (κ2) is 14.7. The van der Waals surface area contributed by atoms with E-state index in [1.165, 1.54) is 131 Å². The van der Waals surface area contributed by atoms with Crippen LogP contribution in [-0.4, -0.2) is 0 Å². The van der Waals surface area contributed by atoms with Crippen molar-refractivity contribution in [3.63, 3.8) is 0 Å². The first-order chi connectivity index (χ1) is 31.7. The van der Waals surface area contributed by atoms with E-state index in [1.807, 2.05) is 0 Å². The summed E-state index contributed by atoms with van der Waals surface area (Å²) in [5, 5.41) is 17.6. The molecule has 0 aliphatic rings. The van der Waals surface area contributed by atoms with E-state index in [4.69, 9.17) is 0 Å². The molecule has 13 aromatic rings. The third-order valence-corrected chi connectivity index (χ3v) is 13.6. The van der Waals surface area contributed by atoms with Crippen molar-refractivity contribution in [2.75, 3.05) is 0 Å². The summed E-state index contributed by atoms with van der Waals surface area (Å²) in [6.07, 6.45) is 0. The molecule has 13 rings (SSSR count). The van der Waals surface area contributed by atoms with E-state index in [0.717, 1.165) is 0 Å². The molecule has 0 atom stereocenters. The van der Waals surface area contributed by atoms with Crippen LogP contribution in [0.15, 0.2) is 243 Å². The summed E-state index contributed by atoms with van der Waals surface area (Å²) >= 11 is 0. The van der Waals surface area contributed by atoms with Gasteiger partial charge < -0.3 is 0 Å². The minimum absolute atomic E-state index is 1.20. The highest BCUT2D eigenvalue weighted by Crippen LogP contribution is 2.47. The van der Waals surface area contributed by atoms with Gasteiger partial charge in [-0.3, -0.25) is 0 Å². The molecule has 0 heterocycles. The Labute approximate surface area is 371 Å². The molecule has 296 valence electrons. The monoisotopic (exact) mass is 808 g/mol. The van der Waals surface area contributed by atoms with Crippen molar-refractivity contribution < 1.29 is 0 Å². The molecule has 0 aromatic heterocycles. The summed E-state index contributed by atoms with van der Waals surface area (Å²) in [7, 11) is 0. The van der Waals surface area contributed by atoms with E-state index < -0.39 is 0 Å². The lowest BCUT2D eigenvalue weighted by Gasteiger charge is -2.20. The van der Waals surface area contributed by atoms with E-state index >= 15 is 0 Å². The van der Waals surface area contributed by atoms with Crippen molar-refractivity contribution in [3.05, 3.63) is 243 Å². The molecule has 0 aliphatic carbocycles. The van der Waals surface area contributed by atoms with Crippen molar-refractivity contribution >= 4 is 75.4 Å². The highest BCUT2D eigenvalue weighted by molar-refractivity contribution is 6.25. The number of hydrogen-bond acceptors (Lipinski definition) is 0. The van der Waals surface area contributed by atoms with E-state index in [0.29, 0.717) is 0 Å². The van der Waals surface area contributed by atoms with Crippen LogP contribution >= 0.6 is 0 Å². The molecule has 0 bridgehead atoms. The fraction of sp³-hybridized carbons (Fsp3) is 0. The first kappa shape index (κ1) is 36.3. The Hall–Kier alpha value is -8.32. The van der Waals surface area contributed by atoms with Gasteiger partial charge in [0.25, 0.3) is 0 Å². The number of fused-ring (bicyclic) bond motifs is 9. The van der Waals surface area contributed by atoms with Gasteiger partial charge in [-0.2, -0.15) is 0 Å². The molecular weight excluding hydrogens is 769 g/mol. The number of rotatable bonds is 5. The Morgan fingerprint density at radius 2 is 0.578 bits per heavy atom. The van der Waals surface area contributed by atoms with Crippen molar-refractivity contribution in [3.8, 4) is 55.6 Å². The van der Waals surface area contributed by atoms with Gasteiger partial charge in [0.05, 0.1) is 0 Å². The smallest absolute Gasteiger partial charge is 0.00259 e. The average molecular weight is 809 g/mol. The highest BCUT2D eigenvalue weighted by Gasteiger charge is 2.20. The molecule has 0 saturated carbocycles. The Bertz CT molecular complexity index is 4010. The molecule has 0 nitrogen and oxygen atoms in total. The van der Waals surface area contributed by atoms with Crippen LogP contribution in [0.2, 0.25) is 0 Å². The Morgan fingerprint density at radius 1 is 0.172 bits per heavy atom. The second-order valence-electron chi connectivity index (χ2n) is 17.1. The van der Waals surface area contributed by atoms with E-state index in [9.17, 15) is 0 Å². The fourth-order valence-electron chi connectivity index (χ4n) is 10.7. The van der Waals surface area contributed by atoms with Crippen LogP contribution in [0.5, 0.6) is 0 Å². The standard InChI is InChI=1S/C64H40/c1-4-24-50-41(15-1)18-13-31-52(50)44-20-11-22-47(37-44)63-57-29-9-10-30-58(57)64(48-23-12-21-45(38-48)53-32-14-19-42-16-2-5-25-51(42)53)61-39-46(35-36-59(61)63)60-40-49-34-33-43-17-3-6-26-54(43)62(49)56-28-8-7-27-55(56)60/h1-40H. The number of benzene rings is 13. The molecule has 0 unspecified atom stereocenters. The van der Waals surface area contributed by atoms with Crippen LogP contribution in [0.1, 0.15) is 0 Å². The maximum atomic E-state index is 2.48. The number of hydrogen-bond donors (Lipinski definition) is 0. The van der Waals surface area contributed by atoms with Gasteiger partial charge in [0.1, 0.15) is 0 Å². The lowest BCUT2D eigenvalue weighted by atomic mass is 9.83. The van der Waals surface area contributed by atoms with Crippen LogP contribution in [0, 0.1) is 0 Å². The normalized spacial score (nSPS) is 11.8. The van der Waals surface area contributed by atoms with Crippen LogP contribution in [-0.2, 0) is 0 Å². The zero-order chi connectivity index (χ0) is 42.1. The van der Waals surface area contributed by atoms with E-state index in [-0.39, 0.29) is 0 Å². The summed E-state index contributed by atoms with van der Waals surface area (Å²) in [6, 6.07) is 90.1. The molecule has 0 heteroatoms. The van der Waals surface area contributed by atoms with Gasteiger partial charge >= 0.3 is 0 Å². The third kappa shape index (κ3) is 5.77. The van der Waals surface area contributed by atoms with Gasteiger partial charge in [-0.15, -0.1) is 0 Å². The van der Waals surface area contributed by atoms with Crippen molar-refractivity contribution in [2.24, 2.45) is 0 Å². The first-order valence-corrected chi connectivity index (χ1v) is 22.2. The summed E-state index contributed by atoms with van der Waals surface area (Å²) in [5.74, 6) is 0. The summed E-state index contributed by atoms with van der Waals surface area (Å²) in [6.45, 7) is 0. The molecule has 0 N–H and O–H groups in total. The minimum Gasteiger partial charge on any atom is -0.0616 e. The van der Waals surface area contributed by atoms with E-state index in [2.05, 4.69) is 243 Å². The largest absolute Gasteiger partial charge is 0.0616 e. The predicted molar refractivity (Wildman–Crippen MR) is 276 cm³/mol. The zero-order valence-corrected chi connectivity index (χ0v) is 35.1. The predicted octanol–water partition coefficient (Wildman–Crippen LogP) is 18.1. The van der Waals surface area contributed by atoms with Crippen LogP contribution < -0.4 is 0 Å². The van der Waals surface area contributed by atoms with Gasteiger partial charge in [-0.25, -0.2) is 0 Å². The lowest BCUT2D eigenvalue weighted by molar-refractivity contribution is 1.62. The summed E-state index contributed by atoms with van der Waals surface area (Å²) in [5.41, 5.74) is 12.3. The topological polar surface area (TPSA) is 0 Å². The van der Waals surface area contributed by atoms with E-state index in [1.54, 1.807) is 0 Å². The average Bonchev–Trinajstić information content (AvgIpc) is 3.37. The molecule has 13 aromatic carbocycles. The SMILES string of the molecule is c1cc(-c2cccc3ccccc23)cc(-c2c3ccccc3c(-c3cccc(-c4cccc5ccccc45)c3)c3cc(-c4cc5ccc6ccccc6c5c5ccccc45)ccc23)c1.